The second kappa shape index (κ2) is 10.7. The molecule has 0 spiro atoms. The van der Waals surface area contributed by atoms with Gasteiger partial charge in [-0.2, -0.15) is 0 Å². The van der Waals surface area contributed by atoms with E-state index in [9.17, 15) is 0 Å². The summed E-state index contributed by atoms with van der Waals surface area (Å²) in [5.74, 6) is 0. The molecule has 1 aliphatic rings. The molecule has 2 rings (SSSR count). The molecule has 1 aromatic heterocycles. The third-order valence-corrected chi connectivity index (χ3v) is 26.0. The number of hydrogen-bond acceptors (Lipinski definition) is 2. The van der Waals surface area contributed by atoms with Gasteiger partial charge in [0, 0.05) is 0 Å². The Morgan fingerprint density at radius 2 is 1.67 bits per heavy atom. The van der Waals surface area contributed by atoms with Crippen molar-refractivity contribution in [2.24, 2.45) is 0 Å². The molecule has 0 amide bonds. The number of hydrogen-bond donors (Lipinski definition) is 0. The summed E-state index contributed by atoms with van der Waals surface area (Å²) in [5.41, 5.74) is 1.67. The van der Waals surface area contributed by atoms with E-state index in [4.69, 9.17) is 4.43 Å². The summed E-state index contributed by atoms with van der Waals surface area (Å²) in [6.45, 7) is 7.13. The van der Waals surface area contributed by atoms with Crippen LogP contribution in [0.25, 0.3) is 0 Å². The minimum atomic E-state index is -2.19. The molecule has 0 radical (unpaired) electrons. The molecule has 1 atom stereocenters. The van der Waals surface area contributed by atoms with Crippen molar-refractivity contribution in [3.05, 3.63) is 16.5 Å². The van der Waals surface area contributed by atoms with Crippen molar-refractivity contribution in [3.8, 4) is 0 Å². The minimum absolute atomic E-state index is 0.526. The maximum absolute atomic E-state index is 5.80. The van der Waals surface area contributed by atoms with E-state index < -0.39 is 18.4 Å². The van der Waals surface area contributed by atoms with Crippen molar-refractivity contribution in [1.29, 1.82) is 0 Å². The van der Waals surface area contributed by atoms with Gasteiger partial charge in [-0.1, -0.05) is 0 Å². The molecule has 1 aromatic rings. The van der Waals surface area contributed by atoms with Crippen molar-refractivity contribution in [2.75, 3.05) is 0 Å². The molecule has 4 heteroatoms. The van der Waals surface area contributed by atoms with Gasteiger partial charge in [0.2, 0.25) is 0 Å². The van der Waals surface area contributed by atoms with Gasteiger partial charge in [0.15, 0.2) is 0 Å². The Balaban J connectivity index is 2.28. The van der Waals surface area contributed by atoms with Crippen LogP contribution in [0.2, 0.25) is 13.3 Å². The molecular weight excluding hydrogens is 435 g/mol. The first-order valence-electron chi connectivity index (χ1n) is 10.3. The van der Waals surface area contributed by atoms with Crippen LogP contribution in [0.4, 0.5) is 0 Å². The van der Waals surface area contributed by atoms with Crippen LogP contribution in [0, 0.1) is 0 Å². The topological polar surface area (TPSA) is 9.23 Å². The van der Waals surface area contributed by atoms with E-state index in [2.05, 4.69) is 38.2 Å². The van der Waals surface area contributed by atoms with Crippen LogP contribution in [0.3, 0.4) is 0 Å². The number of unbranched alkanes of at least 4 members (excludes halogenated alkanes) is 3. The fraction of sp³-hybridized carbons (Fsp3) is 0.800. The van der Waals surface area contributed by atoms with Gasteiger partial charge in [-0.15, -0.1) is 0 Å². The van der Waals surface area contributed by atoms with Gasteiger partial charge in [-0.25, -0.2) is 0 Å². The van der Waals surface area contributed by atoms with Crippen LogP contribution < -0.4 is 2.89 Å². The molecule has 0 bridgehead atoms. The standard InChI is InChI=1S/C8H11OSSi.3C4H9.Sn/c11-9-7-1-2-8-6(5-7)3-4-10-8;3*1-3-4-2;/h3,7H,1-2,5H2,11H3;3*1,3-4H2,2H3;. The first-order valence-corrected chi connectivity index (χ1v) is 19.4. The molecule has 0 saturated heterocycles. The zero-order valence-corrected chi connectivity index (χ0v) is 22.1. The summed E-state index contributed by atoms with van der Waals surface area (Å²) in [6, 6.07) is 2.70. The van der Waals surface area contributed by atoms with E-state index in [1.165, 1.54) is 57.8 Å². The van der Waals surface area contributed by atoms with Gasteiger partial charge < -0.3 is 0 Å². The first kappa shape index (κ1) is 21.0. The quantitative estimate of drug-likeness (QED) is 0.413. The van der Waals surface area contributed by atoms with Crippen LogP contribution in [0.15, 0.2) is 6.07 Å². The van der Waals surface area contributed by atoms with E-state index in [0.717, 1.165) is 10.5 Å². The second-order valence-electron chi connectivity index (χ2n) is 7.75. The zero-order chi connectivity index (χ0) is 17.4. The Bertz CT molecular complexity index is 466. The molecule has 0 N–H and O–H groups in total. The summed E-state index contributed by atoms with van der Waals surface area (Å²) in [6.07, 6.45) is 12.8. The van der Waals surface area contributed by atoms with E-state index in [0.29, 0.717) is 6.10 Å². The Kier molecular flexibility index (Phi) is 9.38. The summed E-state index contributed by atoms with van der Waals surface area (Å²) >= 11 is 0.0608. The average molecular weight is 473 g/mol. The average Bonchev–Trinajstić information content (AvgIpc) is 3.05. The number of aryl methyl sites for hydroxylation is 1. The second-order valence-corrected chi connectivity index (χ2v) is 23.5. The summed E-state index contributed by atoms with van der Waals surface area (Å²) in [7, 11) is 0.890. The maximum atomic E-state index is 5.80. The molecule has 0 aromatic carbocycles. The summed E-state index contributed by atoms with van der Waals surface area (Å²) in [5, 5.41) is 0. The number of rotatable bonds is 11. The van der Waals surface area contributed by atoms with Gasteiger partial charge >= 0.3 is 162 Å². The predicted octanol–water partition coefficient (Wildman–Crippen LogP) is 4.96. The zero-order valence-electron chi connectivity index (χ0n) is 16.5. The Hall–Kier alpha value is 0.676. The van der Waals surface area contributed by atoms with Crippen LogP contribution in [-0.2, 0) is 17.3 Å². The molecule has 0 aliphatic heterocycles. The summed E-state index contributed by atoms with van der Waals surface area (Å²) in [4.78, 5) is 1.73. The predicted molar refractivity (Wildman–Crippen MR) is 116 cm³/mol. The molecule has 1 unspecified atom stereocenters. The Morgan fingerprint density at radius 3 is 2.17 bits per heavy atom. The molecular formula is C20H38OSSiSn. The Morgan fingerprint density at radius 1 is 1.08 bits per heavy atom. The van der Waals surface area contributed by atoms with Crippen molar-refractivity contribution < 1.29 is 4.43 Å². The van der Waals surface area contributed by atoms with E-state index in [1.54, 1.807) is 23.8 Å². The van der Waals surface area contributed by atoms with E-state index in [1.807, 2.05) is 2.89 Å². The molecule has 1 nitrogen and oxygen atoms in total. The SMILES string of the molecule is CCC[CH2][Sn]([CH2]CCC)([CH2]CCC)[c]1cc2c(s1)CCC(O[SiH3])C2. The fourth-order valence-electron chi connectivity index (χ4n) is 4.24. The van der Waals surface area contributed by atoms with Gasteiger partial charge in [0.25, 0.3) is 0 Å². The number of thiophene rings is 1. The van der Waals surface area contributed by atoms with Gasteiger partial charge in [-0.05, 0) is 0 Å². The summed E-state index contributed by atoms with van der Waals surface area (Å²) < 4.78 is 12.5. The monoisotopic (exact) mass is 474 g/mol. The molecule has 1 heterocycles. The molecule has 1 aliphatic carbocycles. The molecule has 138 valence electrons. The third kappa shape index (κ3) is 5.34. The van der Waals surface area contributed by atoms with Crippen LogP contribution >= 0.6 is 11.3 Å². The fourth-order valence-corrected chi connectivity index (χ4v) is 25.2. The van der Waals surface area contributed by atoms with Crippen LogP contribution in [0.1, 0.15) is 76.2 Å². The normalized spacial score (nSPS) is 18.0. The van der Waals surface area contributed by atoms with Crippen LogP contribution in [0.5, 0.6) is 0 Å². The molecule has 0 fully saturated rings. The van der Waals surface area contributed by atoms with E-state index >= 15 is 0 Å². The van der Waals surface area contributed by atoms with Crippen LogP contribution in [-0.4, -0.2) is 35.0 Å². The molecule has 24 heavy (non-hydrogen) atoms. The third-order valence-electron chi connectivity index (χ3n) is 5.92. The van der Waals surface area contributed by atoms with E-state index in [-0.39, 0.29) is 0 Å². The van der Waals surface area contributed by atoms with Crippen molar-refractivity contribution in [3.63, 3.8) is 0 Å². The first-order chi connectivity index (χ1) is 11.7. The van der Waals surface area contributed by atoms with Gasteiger partial charge in [0.1, 0.15) is 0 Å². The van der Waals surface area contributed by atoms with Crippen molar-refractivity contribution in [2.45, 2.75) is 98.0 Å². The van der Waals surface area contributed by atoms with Gasteiger partial charge in [0.05, 0.1) is 0 Å². The van der Waals surface area contributed by atoms with Crippen molar-refractivity contribution >= 4 is 43.1 Å². The molecule has 0 saturated carbocycles. The van der Waals surface area contributed by atoms with Crippen molar-refractivity contribution in [1.82, 2.24) is 0 Å². The van der Waals surface area contributed by atoms with Gasteiger partial charge in [-0.3, -0.25) is 0 Å². The Labute approximate surface area is 161 Å². The number of fused-ring (bicyclic) bond motifs is 1.